The highest BCUT2D eigenvalue weighted by atomic mass is 127. The van der Waals surface area contributed by atoms with Crippen molar-refractivity contribution in [2.24, 2.45) is 0 Å². The van der Waals surface area contributed by atoms with Crippen LogP contribution in [0.25, 0.3) is 0 Å². The maximum Gasteiger partial charge on any atom is 0.252 e. The molecule has 0 saturated heterocycles. The van der Waals surface area contributed by atoms with E-state index in [0.29, 0.717) is 15.6 Å². The number of hydrogen-bond donors (Lipinski definition) is 1. The number of amides is 1. The molecular weight excluding hydrogens is 504 g/mol. The topological polar surface area (TPSA) is 29.1 Å². The Kier molecular flexibility index (Phi) is 5.57. The van der Waals surface area contributed by atoms with Crippen LogP contribution < -0.4 is 5.32 Å². The lowest BCUT2D eigenvalue weighted by molar-refractivity contribution is 0.0950. The Bertz CT molecular complexity index is 664. The molecule has 104 valence electrons. The zero-order chi connectivity index (χ0) is 14.7. The minimum atomic E-state index is -0.338. The summed E-state index contributed by atoms with van der Waals surface area (Å²) in [6.07, 6.45) is 0. The van der Waals surface area contributed by atoms with E-state index in [-0.39, 0.29) is 18.3 Å². The van der Waals surface area contributed by atoms with Crippen LogP contribution >= 0.6 is 54.5 Å². The quantitative estimate of drug-likeness (QED) is 0.583. The summed E-state index contributed by atoms with van der Waals surface area (Å²) in [7, 11) is 0. The molecule has 2 nitrogen and oxygen atoms in total. The van der Waals surface area contributed by atoms with Crippen LogP contribution in [-0.2, 0) is 6.54 Å². The zero-order valence-corrected chi connectivity index (χ0v) is 15.4. The molecule has 6 heteroatoms. The maximum absolute atomic E-state index is 13.6. The highest BCUT2D eigenvalue weighted by Gasteiger charge is 2.11. The average molecular weight is 513 g/mol. The van der Waals surface area contributed by atoms with Crippen LogP contribution in [0.4, 0.5) is 4.39 Å². The fraction of sp³-hybridized carbons (Fsp3) is 0.0714. The van der Waals surface area contributed by atoms with Crippen molar-refractivity contribution in [1.29, 1.82) is 0 Å². The fourth-order valence-electron chi connectivity index (χ4n) is 1.62. The molecule has 20 heavy (non-hydrogen) atoms. The van der Waals surface area contributed by atoms with Crippen LogP contribution in [0, 0.1) is 9.39 Å². The van der Waals surface area contributed by atoms with Gasteiger partial charge in [0.15, 0.2) is 0 Å². The third kappa shape index (κ3) is 4.02. The van der Waals surface area contributed by atoms with E-state index in [0.717, 1.165) is 8.04 Å². The molecule has 0 unspecified atom stereocenters. The van der Waals surface area contributed by atoms with E-state index in [1.165, 1.54) is 6.07 Å². The summed E-state index contributed by atoms with van der Waals surface area (Å²) in [5, 5.41) is 2.72. The van der Waals surface area contributed by atoms with Crippen LogP contribution in [0.5, 0.6) is 0 Å². The smallest absolute Gasteiger partial charge is 0.252 e. The Balaban J connectivity index is 2.12. The molecule has 0 bridgehead atoms. The van der Waals surface area contributed by atoms with Gasteiger partial charge in [0, 0.05) is 24.6 Å². The molecule has 0 aromatic heterocycles. The van der Waals surface area contributed by atoms with Crippen molar-refractivity contribution < 1.29 is 9.18 Å². The number of nitrogens with one attached hydrogen (secondary N) is 1. The Morgan fingerprint density at radius 3 is 2.70 bits per heavy atom. The molecule has 1 amide bonds. The molecule has 0 heterocycles. The van der Waals surface area contributed by atoms with E-state index in [9.17, 15) is 9.18 Å². The van der Waals surface area contributed by atoms with Gasteiger partial charge in [-0.05, 0) is 74.9 Å². The molecule has 2 aromatic rings. The first-order chi connectivity index (χ1) is 9.47. The van der Waals surface area contributed by atoms with Crippen LogP contribution in [0.1, 0.15) is 15.9 Å². The zero-order valence-electron chi connectivity index (χ0n) is 10.1. The SMILES string of the molecule is O=C(NCc1cc(Br)ccc1F)c1cc(I)ccc1Br. The summed E-state index contributed by atoms with van der Waals surface area (Å²) in [5.41, 5.74) is 0.974. The molecule has 0 atom stereocenters. The normalized spacial score (nSPS) is 10.4. The summed E-state index contributed by atoms with van der Waals surface area (Å²) in [4.78, 5) is 12.1. The third-order valence-electron chi connectivity index (χ3n) is 2.62. The highest BCUT2D eigenvalue weighted by molar-refractivity contribution is 14.1. The van der Waals surface area contributed by atoms with Crippen molar-refractivity contribution in [1.82, 2.24) is 5.32 Å². The number of benzene rings is 2. The lowest BCUT2D eigenvalue weighted by atomic mass is 10.2. The second-order valence-corrected chi connectivity index (χ2v) is 7.06. The van der Waals surface area contributed by atoms with Crippen LogP contribution in [0.2, 0.25) is 0 Å². The van der Waals surface area contributed by atoms with E-state index < -0.39 is 0 Å². The molecule has 0 aliphatic rings. The van der Waals surface area contributed by atoms with Gasteiger partial charge in [0.1, 0.15) is 5.82 Å². The number of halogens is 4. The van der Waals surface area contributed by atoms with Crippen molar-refractivity contribution in [2.75, 3.05) is 0 Å². The standard InChI is InChI=1S/C14H9Br2FINO/c15-9-1-4-13(17)8(5-9)7-19-14(20)11-6-10(18)2-3-12(11)16/h1-6H,7H2,(H,19,20). The van der Waals surface area contributed by atoms with Crippen LogP contribution in [0.3, 0.4) is 0 Å². The van der Waals surface area contributed by atoms with Gasteiger partial charge in [0.05, 0.1) is 5.56 Å². The van der Waals surface area contributed by atoms with Crippen molar-refractivity contribution in [3.05, 3.63) is 65.9 Å². The molecule has 0 spiro atoms. The predicted octanol–water partition coefficient (Wildman–Crippen LogP) is 4.89. The lowest BCUT2D eigenvalue weighted by Gasteiger charge is -2.08. The van der Waals surface area contributed by atoms with Gasteiger partial charge in [-0.3, -0.25) is 4.79 Å². The monoisotopic (exact) mass is 511 g/mol. The Morgan fingerprint density at radius 2 is 1.95 bits per heavy atom. The van der Waals surface area contributed by atoms with E-state index in [4.69, 9.17) is 0 Å². The Hall–Kier alpha value is -0.470. The largest absolute Gasteiger partial charge is 0.348 e. The minimum Gasteiger partial charge on any atom is -0.348 e. The predicted molar refractivity (Wildman–Crippen MR) is 92.1 cm³/mol. The third-order valence-corrected chi connectivity index (χ3v) is 4.48. The number of carbonyl (C=O) groups is 1. The van der Waals surface area contributed by atoms with Gasteiger partial charge in [0.2, 0.25) is 0 Å². The molecular formula is C14H9Br2FINO. The first-order valence-electron chi connectivity index (χ1n) is 5.64. The minimum absolute atomic E-state index is 0.141. The summed E-state index contributed by atoms with van der Waals surface area (Å²) < 4.78 is 16.0. The fourth-order valence-corrected chi connectivity index (χ4v) is 2.95. The molecule has 0 fully saturated rings. The van der Waals surface area contributed by atoms with Crippen LogP contribution in [-0.4, -0.2) is 5.91 Å². The molecule has 1 N–H and O–H groups in total. The average Bonchev–Trinajstić information content (AvgIpc) is 2.42. The Labute approximate surface area is 146 Å². The summed E-state index contributed by atoms with van der Waals surface area (Å²) in [5.74, 6) is -0.579. The molecule has 0 saturated carbocycles. The van der Waals surface area contributed by atoms with Gasteiger partial charge in [0.25, 0.3) is 5.91 Å². The first-order valence-corrected chi connectivity index (χ1v) is 8.31. The number of carbonyl (C=O) groups excluding carboxylic acids is 1. The molecule has 0 aliphatic heterocycles. The van der Waals surface area contributed by atoms with Crippen molar-refractivity contribution in [2.45, 2.75) is 6.54 Å². The molecule has 0 radical (unpaired) electrons. The van der Waals surface area contributed by atoms with Crippen LogP contribution in [0.15, 0.2) is 45.3 Å². The van der Waals surface area contributed by atoms with Crippen molar-refractivity contribution in [3.63, 3.8) is 0 Å². The van der Waals surface area contributed by atoms with E-state index >= 15 is 0 Å². The second-order valence-electron chi connectivity index (χ2n) is 4.04. The van der Waals surface area contributed by atoms with E-state index in [1.807, 2.05) is 12.1 Å². The second kappa shape index (κ2) is 7.00. The number of rotatable bonds is 3. The molecule has 2 rings (SSSR count). The highest BCUT2D eigenvalue weighted by Crippen LogP contribution is 2.20. The summed E-state index contributed by atoms with van der Waals surface area (Å²) >= 11 is 8.76. The van der Waals surface area contributed by atoms with Gasteiger partial charge < -0.3 is 5.32 Å². The van der Waals surface area contributed by atoms with Gasteiger partial charge >= 0.3 is 0 Å². The van der Waals surface area contributed by atoms with Gasteiger partial charge in [-0.2, -0.15) is 0 Å². The van der Waals surface area contributed by atoms with Crippen molar-refractivity contribution >= 4 is 60.4 Å². The number of hydrogen-bond acceptors (Lipinski definition) is 1. The Morgan fingerprint density at radius 1 is 1.20 bits per heavy atom. The van der Waals surface area contributed by atoms with E-state index in [1.54, 1.807) is 18.2 Å². The first kappa shape index (κ1) is 15.9. The summed E-state index contributed by atoms with van der Waals surface area (Å²) in [6, 6.07) is 10.1. The maximum atomic E-state index is 13.6. The van der Waals surface area contributed by atoms with Gasteiger partial charge in [-0.15, -0.1) is 0 Å². The lowest BCUT2D eigenvalue weighted by Crippen LogP contribution is -2.23. The van der Waals surface area contributed by atoms with Crippen molar-refractivity contribution in [3.8, 4) is 0 Å². The van der Waals surface area contributed by atoms with Gasteiger partial charge in [-0.1, -0.05) is 15.9 Å². The molecule has 2 aromatic carbocycles. The van der Waals surface area contributed by atoms with E-state index in [2.05, 4.69) is 59.8 Å². The molecule has 0 aliphatic carbocycles. The summed E-state index contributed by atoms with van der Waals surface area (Å²) in [6.45, 7) is 0.141. The van der Waals surface area contributed by atoms with Gasteiger partial charge in [-0.25, -0.2) is 4.39 Å².